The van der Waals surface area contributed by atoms with E-state index in [1.807, 2.05) is 0 Å². The number of carbonyl (C=O) groups is 2. The summed E-state index contributed by atoms with van der Waals surface area (Å²) in [6.45, 7) is 0.0911. The Morgan fingerprint density at radius 1 is 1.32 bits per heavy atom. The Morgan fingerprint density at radius 3 is 2.95 bits per heavy atom. The molecule has 19 heavy (non-hydrogen) atoms. The van der Waals surface area contributed by atoms with Crippen molar-refractivity contribution in [2.45, 2.75) is 5.72 Å². The number of nitrogens with zero attached hydrogens (tertiary/aromatic N) is 1. The van der Waals surface area contributed by atoms with Crippen LogP contribution >= 0.6 is 11.8 Å². The Kier molecular flexibility index (Phi) is 2.99. The van der Waals surface area contributed by atoms with E-state index in [0.717, 1.165) is 0 Å². The second kappa shape index (κ2) is 4.54. The van der Waals surface area contributed by atoms with Crippen molar-refractivity contribution in [2.75, 3.05) is 24.7 Å². The fourth-order valence-electron chi connectivity index (χ4n) is 2.44. The molecule has 2 aliphatic rings. The molecule has 1 aromatic carbocycles. The van der Waals surface area contributed by atoms with Crippen molar-refractivity contribution in [1.82, 2.24) is 4.90 Å². The molecule has 5 nitrogen and oxygen atoms in total. The molecule has 0 spiro atoms. The van der Waals surface area contributed by atoms with Gasteiger partial charge < -0.3 is 9.84 Å². The van der Waals surface area contributed by atoms with Crippen molar-refractivity contribution in [1.29, 1.82) is 0 Å². The zero-order chi connectivity index (χ0) is 13.5. The molecule has 1 atom stereocenters. The molecule has 1 aromatic rings. The highest BCUT2D eigenvalue weighted by atomic mass is 32.2. The number of aliphatic hydroxyl groups is 1. The Labute approximate surface area is 114 Å². The first-order chi connectivity index (χ1) is 9.13. The molecule has 1 saturated heterocycles. The predicted octanol–water partition coefficient (Wildman–Crippen LogP) is 0.578. The Morgan fingerprint density at radius 2 is 2.11 bits per heavy atom. The van der Waals surface area contributed by atoms with Crippen molar-refractivity contribution in [3.8, 4) is 0 Å². The summed E-state index contributed by atoms with van der Waals surface area (Å²) in [5.74, 6) is 0.143. The monoisotopic (exact) mass is 279 g/mol. The van der Waals surface area contributed by atoms with Crippen LogP contribution in [0.25, 0.3) is 0 Å². The second-order valence-electron chi connectivity index (χ2n) is 4.53. The minimum atomic E-state index is -1.41. The number of ether oxygens (including phenoxy) is 1. The van der Waals surface area contributed by atoms with E-state index in [1.165, 1.54) is 16.7 Å². The summed E-state index contributed by atoms with van der Waals surface area (Å²) in [6.07, 6.45) is 0. The lowest BCUT2D eigenvalue weighted by atomic mass is 10.0. The van der Waals surface area contributed by atoms with Gasteiger partial charge in [-0.15, -0.1) is 0 Å². The van der Waals surface area contributed by atoms with E-state index in [1.54, 1.807) is 24.3 Å². The molecule has 1 N–H and O–H groups in total. The van der Waals surface area contributed by atoms with E-state index in [2.05, 4.69) is 0 Å². The molecule has 2 heterocycles. The quantitative estimate of drug-likeness (QED) is 0.704. The molecule has 1 amide bonds. The lowest BCUT2D eigenvalue weighted by Gasteiger charge is -2.32. The van der Waals surface area contributed by atoms with Crippen LogP contribution in [0.5, 0.6) is 0 Å². The Bertz CT molecular complexity index is 547. The number of amides is 1. The average Bonchev–Trinajstić information content (AvgIpc) is 2.65. The SMILES string of the molecule is O=C1CN2C(=O)c3ccccc3C2(O)CSCCO1. The lowest BCUT2D eigenvalue weighted by molar-refractivity contribution is -0.149. The van der Waals surface area contributed by atoms with Gasteiger partial charge in [0.05, 0.1) is 0 Å². The largest absolute Gasteiger partial charge is 0.463 e. The molecule has 0 radical (unpaired) electrons. The van der Waals surface area contributed by atoms with Crippen molar-refractivity contribution in [2.24, 2.45) is 0 Å². The van der Waals surface area contributed by atoms with Crippen LogP contribution in [0.15, 0.2) is 24.3 Å². The molecule has 6 heteroatoms. The highest BCUT2D eigenvalue weighted by molar-refractivity contribution is 7.99. The first-order valence-electron chi connectivity index (χ1n) is 6.00. The summed E-state index contributed by atoms with van der Waals surface area (Å²) in [4.78, 5) is 25.1. The first-order valence-corrected chi connectivity index (χ1v) is 7.15. The zero-order valence-corrected chi connectivity index (χ0v) is 11.0. The average molecular weight is 279 g/mol. The molecule has 0 saturated carbocycles. The van der Waals surface area contributed by atoms with Gasteiger partial charge in [-0.25, -0.2) is 0 Å². The molecule has 100 valence electrons. The minimum Gasteiger partial charge on any atom is -0.463 e. The van der Waals surface area contributed by atoms with Crippen molar-refractivity contribution >= 4 is 23.6 Å². The third kappa shape index (κ3) is 1.91. The van der Waals surface area contributed by atoms with Gasteiger partial charge in [-0.2, -0.15) is 11.8 Å². The standard InChI is InChI=1S/C13H13NO4S/c15-11-7-14-12(16)9-3-1-2-4-10(9)13(14,17)8-19-6-5-18-11/h1-4,17H,5-8H2. The fourth-order valence-corrected chi connectivity index (χ4v) is 3.38. The van der Waals surface area contributed by atoms with E-state index in [0.29, 0.717) is 29.2 Å². The number of cyclic esters (lactones) is 1. The van der Waals surface area contributed by atoms with Crippen LogP contribution in [0.3, 0.4) is 0 Å². The highest BCUT2D eigenvalue weighted by Crippen LogP contribution is 2.39. The van der Waals surface area contributed by atoms with E-state index in [-0.39, 0.29) is 12.5 Å². The Balaban J connectivity index is 2.07. The van der Waals surface area contributed by atoms with E-state index in [9.17, 15) is 14.7 Å². The van der Waals surface area contributed by atoms with E-state index < -0.39 is 11.7 Å². The summed E-state index contributed by atoms with van der Waals surface area (Å²) in [5, 5.41) is 10.9. The molecular weight excluding hydrogens is 266 g/mol. The lowest BCUT2D eigenvalue weighted by Crippen LogP contribution is -2.48. The van der Waals surface area contributed by atoms with Crippen molar-refractivity contribution < 1.29 is 19.4 Å². The van der Waals surface area contributed by atoms with Gasteiger partial charge in [0.15, 0.2) is 5.72 Å². The maximum atomic E-state index is 12.3. The number of fused-ring (bicyclic) bond motifs is 3. The van der Waals surface area contributed by atoms with Gasteiger partial charge >= 0.3 is 5.97 Å². The van der Waals surface area contributed by atoms with Crippen LogP contribution in [0.4, 0.5) is 0 Å². The van der Waals surface area contributed by atoms with Gasteiger partial charge in [-0.3, -0.25) is 14.5 Å². The van der Waals surface area contributed by atoms with Gasteiger partial charge in [0, 0.05) is 22.6 Å². The fraction of sp³-hybridized carbons (Fsp3) is 0.385. The topological polar surface area (TPSA) is 66.8 Å². The summed E-state index contributed by atoms with van der Waals surface area (Å²) >= 11 is 1.46. The van der Waals surface area contributed by atoms with E-state index >= 15 is 0 Å². The highest BCUT2D eigenvalue weighted by Gasteiger charge is 2.49. The normalized spacial score (nSPS) is 26.9. The number of hydrogen-bond donors (Lipinski definition) is 1. The van der Waals surface area contributed by atoms with Crippen LogP contribution in [-0.4, -0.2) is 46.5 Å². The smallest absolute Gasteiger partial charge is 0.325 e. The number of hydrogen-bond acceptors (Lipinski definition) is 5. The second-order valence-corrected chi connectivity index (χ2v) is 5.63. The van der Waals surface area contributed by atoms with Gasteiger partial charge in [0.2, 0.25) is 0 Å². The third-order valence-electron chi connectivity index (χ3n) is 3.36. The molecular formula is C13H13NO4S. The van der Waals surface area contributed by atoms with Crippen LogP contribution in [0, 0.1) is 0 Å². The summed E-state index contributed by atoms with van der Waals surface area (Å²) < 4.78 is 5.00. The first kappa shape index (κ1) is 12.5. The van der Waals surface area contributed by atoms with Crippen LogP contribution in [0.1, 0.15) is 15.9 Å². The van der Waals surface area contributed by atoms with Crippen LogP contribution in [0.2, 0.25) is 0 Å². The van der Waals surface area contributed by atoms with Crippen LogP contribution in [-0.2, 0) is 15.3 Å². The molecule has 0 aliphatic carbocycles. The van der Waals surface area contributed by atoms with Gasteiger partial charge in [-0.1, -0.05) is 18.2 Å². The molecule has 0 aromatic heterocycles. The molecule has 3 rings (SSSR count). The van der Waals surface area contributed by atoms with Gasteiger partial charge in [0.25, 0.3) is 5.91 Å². The number of thioether (sulfide) groups is 1. The summed E-state index contributed by atoms with van der Waals surface area (Å²) in [5.41, 5.74) is -0.386. The third-order valence-corrected chi connectivity index (χ3v) is 4.42. The molecule has 0 bridgehead atoms. The number of rotatable bonds is 0. The van der Waals surface area contributed by atoms with Crippen LogP contribution < -0.4 is 0 Å². The zero-order valence-electron chi connectivity index (χ0n) is 10.2. The molecule has 1 fully saturated rings. The van der Waals surface area contributed by atoms with Crippen molar-refractivity contribution in [3.63, 3.8) is 0 Å². The Hall–Kier alpha value is -1.53. The number of esters is 1. The van der Waals surface area contributed by atoms with Crippen molar-refractivity contribution in [3.05, 3.63) is 35.4 Å². The summed E-state index contributed by atoms with van der Waals surface area (Å²) in [7, 11) is 0. The minimum absolute atomic E-state index is 0.218. The molecule has 2 aliphatic heterocycles. The molecule has 1 unspecified atom stereocenters. The predicted molar refractivity (Wildman–Crippen MR) is 69.7 cm³/mol. The summed E-state index contributed by atoms with van der Waals surface area (Å²) in [6, 6.07) is 6.93. The maximum absolute atomic E-state index is 12.3. The number of benzene rings is 1. The van der Waals surface area contributed by atoms with Gasteiger partial charge in [-0.05, 0) is 6.07 Å². The number of carbonyl (C=O) groups excluding carboxylic acids is 2. The van der Waals surface area contributed by atoms with E-state index in [4.69, 9.17) is 4.74 Å². The van der Waals surface area contributed by atoms with Gasteiger partial charge in [0.1, 0.15) is 13.2 Å². The maximum Gasteiger partial charge on any atom is 0.325 e.